The molecular formula is C25H29NO7. The third-order valence-electron chi connectivity index (χ3n) is 4.43. The topological polar surface area (TPSA) is 122 Å². The summed E-state index contributed by atoms with van der Waals surface area (Å²) < 4.78 is 10.8. The van der Waals surface area contributed by atoms with Gasteiger partial charge in [0.05, 0.1) is 0 Å². The van der Waals surface area contributed by atoms with E-state index in [9.17, 15) is 24.6 Å². The molecule has 0 aliphatic rings. The van der Waals surface area contributed by atoms with Crippen molar-refractivity contribution in [3.63, 3.8) is 0 Å². The van der Waals surface area contributed by atoms with Crippen LogP contribution in [0, 0.1) is 0 Å². The van der Waals surface area contributed by atoms with Gasteiger partial charge in [-0.3, -0.25) is 0 Å². The van der Waals surface area contributed by atoms with Crippen LogP contribution in [-0.4, -0.2) is 39.9 Å². The third kappa shape index (κ3) is 9.47. The lowest BCUT2D eigenvalue weighted by molar-refractivity contribution is -0.139. The number of aliphatic carboxylic acids is 2. The molecule has 0 aliphatic carbocycles. The van der Waals surface area contributed by atoms with Gasteiger partial charge in [-0.25, -0.2) is 14.4 Å². The van der Waals surface area contributed by atoms with Gasteiger partial charge in [0.2, 0.25) is 0 Å². The van der Waals surface area contributed by atoms with Gasteiger partial charge in [-0.1, -0.05) is 48.5 Å². The number of hydrogen-bond donors (Lipinski definition) is 3. The maximum absolute atomic E-state index is 11.9. The summed E-state index contributed by atoms with van der Waals surface area (Å²) in [6.45, 7) is 5.38. The van der Waals surface area contributed by atoms with E-state index in [-0.39, 0.29) is 18.4 Å². The molecule has 0 fully saturated rings. The highest BCUT2D eigenvalue weighted by atomic mass is 16.6. The number of rotatable bonds is 10. The highest BCUT2D eigenvalue weighted by Gasteiger charge is 2.23. The molecule has 3 N–H and O–H groups in total. The van der Waals surface area contributed by atoms with Gasteiger partial charge in [0, 0.05) is 12.0 Å². The number of alkyl carbamates (subject to hydrolysis) is 1. The molecule has 176 valence electrons. The number of carbonyl (C=O) groups excluding carboxylic acids is 1. The lowest BCUT2D eigenvalue weighted by Gasteiger charge is -2.21. The van der Waals surface area contributed by atoms with Crippen LogP contribution in [0.25, 0.3) is 0 Å². The Balaban J connectivity index is 1.99. The molecule has 0 bridgehead atoms. The van der Waals surface area contributed by atoms with Crippen LogP contribution in [0.3, 0.4) is 0 Å². The molecule has 1 amide bonds. The molecule has 0 aromatic heterocycles. The van der Waals surface area contributed by atoms with Crippen LogP contribution in [0.4, 0.5) is 4.79 Å². The largest absolute Gasteiger partial charge is 0.489 e. The lowest BCUT2D eigenvalue weighted by Crippen LogP contribution is -2.43. The van der Waals surface area contributed by atoms with E-state index in [4.69, 9.17) is 9.47 Å². The minimum Gasteiger partial charge on any atom is -0.489 e. The van der Waals surface area contributed by atoms with Crippen molar-refractivity contribution in [3.05, 3.63) is 77.4 Å². The van der Waals surface area contributed by atoms with Gasteiger partial charge in [0.25, 0.3) is 0 Å². The number of carboxylic acid groups (broad SMARTS) is 2. The molecule has 33 heavy (non-hydrogen) atoms. The normalized spacial score (nSPS) is 12.5. The number of nitrogens with one attached hydrogen (secondary N) is 1. The Kier molecular flexibility index (Phi) is 9.03. The zero-order chi connectivity index (χ0) is 24.4. The molecule has 8 heteroatoms. The van der Waals surface area contributed by atoms with Gasteiger partial charge in [-0.2, -0.15) is 0 Å². The second kappa shape index (κ2) is 11.7. The Labute approximate surface area is 192 Å². The van der Waals surface area contributed by atoms with Crippen molar-refractivity contribution in [2.75, 3.05) is 0 Å². The Hall–Kier alpha value is -3.81. The van der Waals surface area contributed by atoms with E-state index in [0.717, 1.165) is 11.1 Å². The fraction of sp³-hybridized carbons (Fsp3) is 0.320. The molecule has 1 atom stereocenters. The molecular weight excluding hydrogens is 426 g/mol. The molecule has 0 saturated heterocycles. The van der Waals surface area contributed by atoms with Crippen LogP contribution in [-0.2, 0) is 27.4 Å². The number of amides is 1. The highest BCUT2D eigenvalue weighted by molar-refractivity contribution is 5.87. The number of carbonyl (C=O) groups is 3. The van der Waals surface area contributed by atoms with E-state index in [1.54, 1.807) is 45.0 Å². The number of benzene rings is 2. The molecule has 0 aliphatic heterocycles. The van der Waals surface area contributed by atoms with Crippen molar-refractivity contribution >= 4 is 18.0 Å². The van der Waals surface area contributed by atoms with Gasteiger partial charge in [-0.15, -0.1) is 0 Å². The molecule has 0 saturated carbocycles. The Bertz CT molecular complexity index is 976. The van der Waals surface area contributed by atoms with Crippen molar-refractivity contribution in [2.24, 2.45) is 0 Å². The maximum atomic E-state index is 11.9. The first-order valence-electron chi connectivity index (χ1n) is 10.4. The monoisotopic (exact) mass is 455 g/mol. The SMILES string of the molecule is CC(C)(C)OC(=O)N[C@@H](C/C=C(\Cc1ccc(OCc2ccccc2)cc1)C(=O)O)C(=O)O. The number of ether oxygens (including phenoxy) is 2. The average Bonchev–Trinajstić information content (AvgIpc) is 2.74. The highest BCUT2D eigenvalue weighted by Crippen LogP contribution is 2.17. The fourth-order valence-electron chi connectivity index (χ4n) is 2.83. The molecule has 0 radical (unpaired) electrons. The van der Waals surface area contributed by atoms with Crippen molar-refractivity contribution in [2.45, 2.75) is 51.9 Å². The summed E-state index contributed by atoms with van der Waals surface area (Å²) in [6.07, 6.45) is 0.311. The summed E-state index contributed by atoms with van der Waals surface area (Å²) in [6, 6.07) is 15.4. The van der Waals surface area contributed by atoms with Crippen LogP contribution < -0.4 is 10.1 Å². The molecule has 2 rings (SSSR count). The van der Waals surface area contributed by atoms with Crippen molar-refractivity contribution < 1.29 is 34.1 Å². The smallest absolute Gasteiger partial charge is 0.408 e. The van der Waals surface area contributed by atoms with Gasteiger partial charge >= 0.3 is 18.0 Å². The van der Waals surface area contributed by atoms with E-state index in [1.165, 1.54) is 6.08 Å². The first-order chi connectivity index (χ1) is 15.5. The first kappa shape index (κ1) is 25.5. The first-order valence-corrected chi connectivity index (χ1v) is 10.4. The second-order valence-electron chi connectivity index (χ2n) is 8.40. The van der Waals surface area contributed by atoms with Crippen LogP contribution in [0.5, 0.6) is 5.75 Å². The predicted octanol–water partition coefficient (Wildman–Crippen LogP) is 4.19. The Morgan fingerprint density at radius 1 is 0.970 bits per heavy atom. The van der Waals surface area contributed by atoms with Crippen molar-refractivity contribution in [1.29, 1.82) is 0 Å². The zero-order valence-electron chi connectivity index (χ0n) is 18.9. The summed E-state index contributed by atoms with van der Waals surface area (Å²) in [5.41, 5.74) is 0.991. The van der Waals surface area contributed by atoms with E-state index in [1.807, 2.05) is 30.3 Å². The minimum absolute atomic E-state index is 0.0187. The van der Waals surface area contributed by atoms with Crippen LogP contribution >= 0.6 is 0 Å². The molecule has 2 aromatic rings. The van der Waals surface area contributed by atoms with Crippen LogP contribution in [0.1, 0.15) is 38.3 Å². The Morgan fingerprint density at radius 3 is 2.15 bits per heavy atom. The van der Waals surface area contributed by atoms with Gasteiger partial charge in [0.1, 0.15) is 24.0 Å². The maximum Gasteiger partial charge on any atom is 0.408 e. The van der Waals surface area contributed by atoms with E-state index >= 15 is 0 Å². The number of hydrogen-bond acceptors (Lipinski definition) is 5. The van der Waals surface area contributed by atoms with Gasteiger partial charge in [0.15, 0.2) is 0 Å². The molecule has 0 unspecified atom stereocenters. The van der Waals surface area contributed by atoms with Crippen LogP contribution in [0.15, 0.2) is 66.2 Å². The molecule has 0 spiro atoms. The van der Waals surface area contributed by atoms with Gasteiger partial charge in [-0.05, 0) is 50.5 Å². The standard InChI is InChI=1S/C25H29NO7/c1-25(2,3)33-24(31)26-21(23(29)30)14-11-19(22(27)28)15-17-9-12-20(13-10-17)32-16-18-7-5-4-6-8-18/h4-13,21H,14-16H2,1-3H3,(H,26,31)(H,27,28)(H,29,30)/b19-11+/t21-/m0/s1. The summed E-state index contributed by atoms with van der Waals surface area (Å²) in [5, 5.41) is 21.1. The minimum atomic E-state index is -1.32. The van der Waals surface area contributed by atoms with Crippen LogP contribution in [0.2, 0.25) is 0 Å². The average molecular weight is 456 g/mol. The van der Waals surface area contributed by atoms with E-state index < -0.39 is 29.7 Å². The quantitative estimate of drug-likeness (QED) is 0.459. The summed E-state index contributed by atoms with van der Waals surface area (Å²) in [7, 11) is 0. The fourth-order valence-corrected chi connectivity index (χ4v) is 2.83. The van der Waals surface area contributed by atoms with Crippen molar-refractivity contribution in [1.82, 2.24) is 5.32 Å². The van der Waals surface area contributed by atoms with E-state index in [0.29, 0.717) is 12.4 Å². The van der Waals surface area contributed by atoms with Gasteiger partial charge < -0.3 is 25.0 Å². The number of carboxylic acids is 2. The molecule has 2 aromatic carbocycles. The zero-order valence-corrected chi connectivity index (χ0v) is 18.9. The second-order valence-corrected chi connectivity index (χ2v) is 8.40. The lowest BCUT2D eigenvalue weighted by atomic mass is 10.0. The van der Waals surface area contributed by atoms with E-state index in [2.05, 4.69) is 5.32 Å². The van der Waals surface area contributed by atoms with Crippen molar-refractivity contribution in [3.8, 4) is 5.75 Å². The molecule has 8 nitrogen and oxygen atoms in total. The summed E-state index contributed by atoms with van der Waals surface area (Å²) in [5.74, 6) is -1.81. The summed E-state index contributed by atoms with van der Waals surface area (Å²) in [4.78, 5) is 35.0. The third-order valence-corrected chi connectivity index (χ3v) is 4.43. The molecule has 0 heterocycles. The summed E-state index contributed by atoms with van der Waals surface area (Å²) >= 11 is 0. The Morgan fingerprint density at radius 2 is 1.61 bits per heavy atom. The predicted molar refractivity (Wildman–Crippen MR) is 122 cm³/mol.